The molecule has 1 aromatic carbocycles. The van der Waals surface area contributed by atoms with Crippen LogP contribution in [0.2, 0.25) is 0 Å². The zero-order valence-corrected chi connectivity index (χ0v) is 13.8. The van der Waals surface area contributed by atoms with Crippen molar-refractivity contribution in [2.24, 2.45) is 0 Å². The smallest absolute Gasteiger partial charge is 0.377 e. The zero-order valence-electron chi connectivity index (χ0n) is 13.8. The molecule has 0 aliphatic carbocycles. The summed E-state index contributed by atoms with van der Waals surface area (Å²) in [6.45, 7) is 3.13. The Labute approximate surface area is 138 Å². The van der Waals surface area contributed by atoms with Gasteiger partial charge in [-0.1, -0.05) is 5.16 Å². The van der Waals surface area contributed by atoms with Gasteiger partial charge < -0.3 is 24.1 Å². The first-order valence-electron chi connectivity index (χ1n) is 7.11. The highest BCUT2D eigenvalue weighted by atomic mass is 16.6. The van der Waals surface area contributed by atoms with E-state index >= 15 is 0 Å². The Kier molecular flexibility index (Phi) is 5.41. The number of anilines is 1. The fourth-order valence-corrected chi connectivity index (χ4v) is 1.89. The molecule has 8 nitrogen and oxygen atoms in total. The first-order chi connectivity index (χ1) is 11.4. The topological polar surface area (TPSA) is 99.9 Å². The zero-order chi connectivity index (χ0) is 17.7. The number of carbonyl (C=O) groups excluding carboxylic acids is 2. The highest BCUT2D eigenvalue weighted by molar-refractivity contribution is 5.96. The molecule has 0 bridgehead atoms. The minimum atomic E-state index is -1.02. The summed E-state index contributed by atoms with van der Waals surface area (Å²) in [7, 11) is 3.01. The number of esters is 1. The van der Waals surface area contributed by atoms with Crippen molar-refractivity contribution in [2.75, 3.05) is 19.5 Å². The highest BCUT2D eigenvalue weighted by Gasteiger charge is 2.22. The molecule has 1 heterocycles. The predicted molar refractivity (Wildman–Crippen MR) is 84.3 cm³/mol. The number of carbonyl (C=O) groups is 2. The lowest BCUT2D eigenvalue weighted by Crippen LogP contribution is -2.29. The molecule has 1 aromatic heterocycles. The summed E-state index contributed by atoms with van der Waals surface area (Å²) in [5, 5.41) is 6.22. The van der Waals surface area contributed by atoms with E-state index in [0.29, 0.717) is 22.9 Å². The van der Waals surface area contributed by atoms with Crippen molar-refractivity contribution < 1.29 is 28.3 Å². The number of hydrogen-bond acceptors (Lipinski definition) is 7. The van der Waals surface area contributed by atoms with Gasteiger partial charge in [-0.3, -0.25) is 4.79 Å². The van der Waals surface area contributed by atoms with Crippen molar-refractivity contribution in [3.8, 4) is 11.5 Å². The molecule has 1 atom stereocenters. The van der Waals surface area contributed by atoms with Gasteiger partial charge in [-0.25, -0.2) is 4.79 Å². The van der Waals surface area contributed by atoms with Crippen LogP contribution in [-0.2, 0) is 9.53 Å². The number of nitrogens with one attached hydrogen (secondary N) is 1. The van der Waals surface area contributed by atoms with E-state index in [1.807, 2.05) is 0 Å². The maximum atomic E-state index is 12.1. The molecule has 2 aromatic rings. The molecule has 1 N–H and O–H groups in total. The van der Waals surface area contributed by atoms with Crippen LogP contribution in [0.4, 0.5) is 5.69 Å². The molecule has 0 radical (unpaired) electrons. The minimum Gasteiger partial charge on any atom is -0.493 e. The van der Waals surface area contributed by atoms with Crippen molar-refractivity contribution in [3.63, 3.8) is 0 Å². The van der Waals surface area contributed by atoms with Crippen molar-refractivity contribution in [2.45, 2.75) is 20.0 Å². The summed E-state index contributed by atoms with van der Waals surface area (Å²) >= 11 is 0. The van der Waals surface area contributed by atoms with Crippen molar-refractivity contribution in [1.82, 2.24) is 5.16 Å². The number of ether oxygens (including phenoxy) is 3. The normalized spacial score (nSPS) is 11.5. The number of amides is 1. The van der Waals surface area contributed by atoms with Gasteiger partial charge >= 0.3 is 5.97 Å². The Bertz CT molecular complexity index is 740. The summed E-state index contributed by atoms with van der Waals surface area (Å²) < 4.78 is 20.1. The fraction of sp³-hybridized carbons (Fsp3) is 0.312. The molecule has 0 saturated carbocycles. The van der Waals surface area contributed by atoms with Gasteiger partial charge in [0, 0.05) is 17.8 Å². The Balaban J connectivity index is 2.00. The molecule has 8 heteroatoms. The molecule has 0 spiro atoms. The van der Waals surface area contributed by atoms with E-state index in [0.717, 1.165) is 0 Å². The summed E-state index contributed by atoms with van der Waals surface area (Å²) in [6.07, 6.45) is -1.02. The van der Waals surface area contributed by atoms with Crippen molar-refractivity contribution >= 4 is 17.6 Å². The van der Waals surface area contributed by atoms with Crippen LogP contribution in [0.5, 0.6) is 11.5 Å². The molecular weight excluding hydrogens is 316 g/mol. The number of hydrogen-bond donors (Lipinski definition) is 1. The summed E-state index contributed by atoms with van der Waals surface area (Å²) in [5.41, 5.74) is 1.03. The third kappa shape index (κ3) is 4.03. The first-order valence-corrected chi connectivity index (χ1v) is 7.11. The Hall–Kier alpha value is -3.03. The quantitative estimate of drug-likeness (QED) is 0.808. The van der Waals surface area contributed by atoms with Crippen LogP contribution in [-0.4, -0.2) is 37.4 Å². The highest BCUT2D eigenvalue weighted by Crippen LogP contribution is 2.29. The SMILES string of the molecule is COc1ccc(NC(=O)[C@@H](C)OC(=O)c2cc(C)no2)cc1OC. The first kappa shape index (κ1) is 17.3. The van der Waals surface area contributed by atoms with Crippen LogP contribution in [0.15, 0.2) is 28.8 Å². The summed E-state index contributed by atoms with van der Waals surface area (Å²) in [4.78, 5) is 24.0. The third-order valence-corrected chi connectivity index (χ3v) is 3.13. The van der Waals surface area contributed by atoms with Gasteiger partial charge in [0.2, 0.25) is 5.76 Å². The van der Waals surface area contributed by atoms with E-state index in [2.05, 4.69) is 10.5 Å². The van der Waals surface area contributed by atoms with Gasteiger partial charge in [0.05, 0.1) is 19.9 Å². The molecule has 0 aliphatic rings. The number of methoxy groups -OCH3 is 2. The Morgan fingerprint density at radius 2 is 1.88 bits per heavy atom. The lowest BCUT2D eigenvalue weighted by molar-refractivity contribution is -0.123. The van der Waals surface area contributed by atoms with Crippen LogP contribution >= 0.6 is 0 Å². The van der Waals surface area contributed by atoms with Crippen molar-refractivity contribution in [3.05, 3.63) is 35.7 Å². The second-order valence-corrected chi connectivity index (χ2v) is 4.94. The average Bonchev–Trinajstić information content (AvgIpc) is 3.01. The lowest BCUT2D eigenvalue weighted by Gasteiger charge is -2.14. The van der Waals surface area contributed by atoms with E-state index < -0.39 is 18.0 Å². The third-order valence-electron chi connectivity index (χ3n) is 3.13. The van der Waals surface area contributed by atoms with Gasteiger partial charge in [-0.2, -0.15) is 0 Å². The van der Waals surface area contributed by atoms with Crippen LogP contribution in [0, 0.1) is 6.92 Å². The van der Waals surface area contributed by atoms with E-state index in [4.69, 9.17) is 18.7 Å². The maximum absolute atomic E-state index is 12.1. The van der Waals surface area contributed by atoms with Crippen LogP contribution in [0.3, 0.4) is 0 Å². The van der Waals surface area contributed by atoms with E-state index in [9.17, 15) is 9.59 Å². The molecule has 24 heavy (non-hydrogen) atoms. The molecule has 0 saturated heterocycles. The van der Waals surface area contributed by atoms with Crippen molar-refractivity contribution in [1.29, 1.82) is 0 Å². The Morgan fingerprint density at radius 1 is 1.17 bits per heavy atom. The van der Waals surface area contributed by atoms with E-state index in [1.165, 1.54) is 27.2 Å². The van der Waals surface area contributed by atoms with Gasteiger partial charge in [-0.15, -0.1) is 0 Å². The molecule has 1 amide bonds. The van der Waals surface area contributed by atoms with Crippen LogP contribution in [0.1, 0.15) is 23.2 Å². The number of aryl methyl sites for hydroxylation is 1. The average molecular weight is 334 g/mol. The van der Waals surface area contributed by atoms with Crippen LogP contribution in [0.25, 0.3) is 0 Å². The van der Waals surface area contributed by atoms with Gasteiger partial charge in [0.1, 0.15) is 0 Å². The monoisotopic (exact) mass is 334 g/mol. The molecule has 2 rings (SSSR count). The number of benzene rings is 1. The molecule has 0 unspecified atom stereocenters. The fourth-order valence-electron chi connectivity index (χ4n) is 1.89. The lowest BCUT2D eigenvalue weighted by atomic mass is 10.2. The predicted octanol–water partition coefficient (Wildman–Crippen LogP) is 2.18. The second kappa shape index (κ2) is 7.49. The summed E-state index contributed by atoms with van der Waals surface area (Å²) in [5.74, 6) is -0.302. The largest absolute Gasteiger partial charge is 0.493 e. The Morgan fingerprint density at radius 3 is 2.46 bits per heavy atom. The van der Waals surface area contributed by atoms with Gasteiger partial charge in [0.15, 0.2) is 17.6 Å². The molecule has 128 valence electrons. The standard InChI is InChI=1S/C16H18N2O6/c1-9-7-14(24-18-9)16(20)23-10(2)15(19)17-11-5-6-12(21-3)13(8-11)22-4/h5-8,10H,1-4H3,(H,17,19)/t10-/m1/s1. The number of rotatable bonds is 6. The number of nitrogens with zero attached hydrogens (tertiary/aromatic N) is 1. The minimum absolute atomic E-state index is 0.0572. The van der Waals surface area contributed by atoms with Crippen LogP contribution < -0.4 is 14.8 Å². The molecule has 0 fully saturated rings. The maximum Gasteiger partial charge on any atom is 0.377 e. The van der Waals surface area contributed by atoms with Gasteiger partial charge in [-0.05, 0) is 26.0 Å². The summed E-state index contributed by atoms with van der Waals surface area (Å²) in [6, 6.07) is 6.34. The molecular formula is C16H18N2O6. The van der Waals surface area contributed by atoms with E-state index in [1.54, 1.807) is 25.1 Å². The number of aromatic nitrogens is 1. The molecule has 0 aliphatic heterocycles. The van der Waals surface area contributed by atoms with E-state index in [-0.39, 0.29) is 5.76 Å². The second-order valence-electron chi connectivity index (χ2n) is 4.94. The van der Waals surface area contributed by atoms with Gasteiger partial charge in [0.25, 0.3) is 5.91 Å².